The summed E-state index contributed by atoms with van der Waals surface area (Å²) in [6.07, 6.45) is 0. The largest absolute Gasteiger partial charge is 0.320 e. The highest BCUT2D eigenvalue weighted by molar-refractivity contribution is 7.18. The number of nitrogens with zero attached hydrogens (tertiary/aromatic N) is 3. The SMILES string of the molecule is Cc1nn(C)c(C)c1NC(=O)C[NH+]1CC[NH+](Cc2nc3ccccc3s2)CC1. The van der Waals surface area contributed by atoms with Gasteiger partial charge in [0.2, 0.25) is 0 Å². The predicted molar refractivity (Wildman–Crippen MR) is 111 cm³/mol. The fourth-order valence-corrected chi connectivity index (χ4v) is 4.92. The van der Waals surface area contributed by atoms with Crippen molar-refractivity contribution >= 4 is 33.1 Å². The molecule has 3 aromatic rings. The molecule has 1 amide bonds. The highest BCUT2D eigenvalue weighted by atomic mass is 32.1. The molecule has 1 aliphatic rings. The number of aromatic nitrogens is 3. The van der Waals surface area contributed by atoms with Crippen molar-refractivity contribution in [1.82, 2.24) is 14.8 Å². The number of carbonyl (C=O) groups excluding carboxylic acids is 1. The van der Waals surface area contributed by atoms with Crippen LogP contribution >= 0.6 is 11.3 Å². The summed E-state index contributed by atoms with van der Waals surface area (Å²) in [7, 11) is 1.90. The van der Waals surface area contributed by atoms with E-state index in [0.717, 1.165) is 55.3 Å². The van der Waals surface area contributed by atoms with Gasteiger partial charge in [-0.3, -0.25) is 9.48 Å². The molecular weight excluding hydrogens is 372 g/mol. The third-order valence-corrected chi connectivity index (χ3v) is 6.62. The van der Waals surface area contributed by atoms with Crippen LogP contribution in [0.3, 0.4) is 0 Å². The van der Waals surface area contributed by atoms with Crippen LogP contribution in [0.2, 0.25) is 0 Å². The number of amides is 1. The molecule has 0 bridgehead atoms. The van der Waals surface area contributed by atoms with Gasteiger partial charge in [-0.1, -0.05) is 12.1 Å². The van der Waals surface area contributed by atoms with Gasteiger partial charge in [-0.15, -0.1) is 11.3 Å². The van der Waals surface area contributed by atoms with E-state index in [0.29, 0.717) is 6.54 Å². The smallest absolute Gasteiger partial charge is 0.279 e. The lowest BCUT2D eigenvalue weighted by atomic mass is 10.3. The van der Waals surface area contributed by atoms with Crippen LogP contribution < -0.4 is 15.1 Å². The van der Waals surface area contributed by atoms with Gasteiger partial charge in [-0.25, -0.2) is 4.98 Å². The molecule has 0 unspecified atom stereocenters. The molecule has 1 fully saturated rings. The molecule has 8 heteroatoms. The fourth-order valence-electron chi connectivity index (χ4n) is 3.89. The van der Waals surface area contributed by atoms with Crippen molar-refractivity contribution < 1.29 is 14.6 Å². The van der Waals surface area contributed by atoms with E-state index in [1.165, 1.54) is 14.6 Å². The van der Waals surface area contributed by atoms with Gasteiger partial charge in [-0.05, 0) is 26.0 Å². The Hall–Kier alpha value is -2.29. The van der Waals surface area contributed by atoms with Gasteiger partial charge in [-0.2, -0.15) is 5.10 Å². The predicted octanol–water partition coefficient (Wildman–Crippen LogP) is -0.431. The third kappa shape index (κ3) is 4.09. The Kier molecular flexibility index (Phi) is 5.43. The maximum atomic E-state index is 12.5. The number of hydrogen-bond acceptors (Lipinski definition) is 4. The monoisotopic (exact) mass is 400 g/mol. The quantitative estimate of drug-likeness (QED) is 0.544. The number of nitrogens with one attached hydrogen (secondary N) is 3. The number of hydrogen-bond donors (Lipinski definition) is 3. The summed E-state index contributed by atoms with van der Waals surface area (Å²) in [6, 6.07) is 8.33. The van der Waals surface area contributed by atoms with Crippen molar-refractivity contribution in [3.8, 4) is 0 Å². The molecule has 28 heavy (non-hydrogen) atoms. The second-order valence-electron chi connectivity index (χ2n) is 7.65. The lowest BCUT2D eigenvalue weighted by Crippen LogP contribution is -3.28. The average Bonchev–Trinajstić information content (AvgIpc) is 3.18. The number of piperazine rings is 1. The van der Waals surface area contributed by atoms with Crippen LogP contribution in [-0.2, 0) is 18.4 Å². The van der Waals surface area contributed by atoms with E-state index in [-0.39, 0.29) is 5.91 Å². The van der Waals surface area contributed by atoms with Crippen molar-refractivity contribution in [2.45, 2.75) is 20.4 Å². The van der Waals surface area contributed by atoms with Crippen molar-refractivity contribution in [3.05, 3.63) is 40.7 Å². The van der Waals surface area contributed by atoms with Crippen LogP contribution in [0.5, 0.6) is 0 Å². The number of carbonyl (C=O) groups is 1. The summed E-state index contributed by atoms with van der Waals surface area (Å²) in [4.78, 5) is 20.1. The van der Waals surface area contributed by atoms with Gasteiger partial charge in [0.15, 0.2) is 6.54 Å². The van der Waals surface area contributed by atoms with Gasteiger partial charge in [0.25, 0.3) is 5.91 Å². The molecule has 0 aliphatic carbocycles. The number of quaternary nitrogens is 2. The second-order valence-corrected chi connectivity index (χ2v) is 8.76. The van der Waals surface area contributed by atoms with Gasteiger partial charge in [0, 0.05) is 7.05 Å². The first-order chi connectivity index (χ1) is 13.5. The standard InChI is InChI=1S/C20H26N6OS/c1-14-20(15(2)24(3)23-14)22-18(27)12-25-8-10-26(11-9-25)13-19-21-16-6-4-5-7-17(16)28-19/h4-7H,8-13H2,1-3H3,(H,22,27)/p+2. The van der Waals surface area contributed by atoms with E-state index in [1.54, 1.807) is 16.2 Å². The van der Waals surface area contributed by atoms with Crippen molar-refractivity contribution in [2.24, 2.45) is 7.05 Å². The van der Waals surface area contributed by atoms with E-state index in [1.807, 2.05) is 31.6 Å². The number of rotatable bonds is 5. The summed E-state index contributed by atoms with van der Waals surface area (Å²) in [5.41, 5.74) is 3.82. The first-order valence-corrected chi connectivity index (χ1v) is 10.6. The Bertz CT molecular complexity index is 953. The van der Waals surface area contributed by atoms with Crippen molar-refractivity contribution in [2.75, 3.05) is 38.0 Å². The normalized spacial score (nSPS) is 19.8. The summed E-state index contributed by atoms with van der Waals surface area (Å²) < 4.78 is 3.07. The highest BCUT2D eigenvalue weighted by Gasteiger charge is 2.26. The van der Waals surface area contributed by atoms with Gasteiger partial charge in [0.05, 0.1) is 27.3 Å². The Morgan fingerprint density at radius 3 is 2.57 bits per heavy atom. The molecule has 0 radical (unpaired) electrons. The lowest BCUT2D eigenvalue weighted by Gasteiger charge is -2.28. The first-order valence-electron chi connectivity index (χ1n) is 9.81. The summed E-state index contributed by atoms with van der Waals surface area (Å²) in [6.45, 7) is 9.58. The number of thiazole rings is 1. The summed E-state index contributed by atoms with van der Waals surface area (Å²) in [5, 5.41) is 8.63. The number of para-hydroxylation sites is 1. The molecule has 4 rings (SSSR count). The minimum Gasteiger partial charge on any atom is -0.320 e. The minimum absolute atomic E-state index is 0.0730. The number of aryl methyl sites for hydroxylation is 2. The number of benzene rings is 1. The van der Waals surface area contributed by atoms with Crippen LogP contribution in [-0.4, -0.2) is 53.4 Å². The van der Waals surface area contributed by atoms with Gasteiger partial charge in [0.1, 0.15) is 37.7 Å². The lowest BCUT2D eigenvalue weighted by molar-refractivity contribution is -1.01. The van der Waals surface area contributed by atoms with E-state index in [4.69, 9.17) is 4.98 Å². The highest BCUT2D eigenvalue weighted by Crippen LogP contribution is 2.20. The minimum atomic E-state index is 0.0730. The molecule has 2 aromatic heterocycles. The van der Waals surface area contributed by atoms with Crippen LogP contribution in [0, 0.1) is 13.8 Å². The van der Waals surface area contributed by atoms with E-state index in [2.05, 4.69) is 28.6 Å². The molecular formula is C20H28N6OS+2. The molecule has 0 spiro atoms. The van der Waals surface area contributed by atoms with Crippen LogP contribution in [0.25, 0.3) is 10.2 Å². The van der Waals surface area contributed by atoms with Crippen molar-refractivity contribution in [1.29, 1.82) is 0 Å². The molecule has 3 heterocycles. The fraction of sp³-hybridized carbons (Fsp3) is 0.450. The maximum Gasteiger partial charge on any atom is 0.279 e. The maximum absolute atomic E-state index is 12.5. The van der Waals surface area contributed by atoms with Crippen LogP contribution in [0.1, 0.15) is 16.4 Å². The Morgan fingerprint density at radius 2 is 1.89 bits per heavy atom. The number of anilines is 1. The third-order valence-electron chi connectivity index (χ3n) is 5.59. The van der Waals surface area contributed by atoms with Crippen LogP contribution in [0.4, 0.5) is 5.69 Å². The topological polar surface area (TPSA) is 68.7 Å². The van der Waals surface area contributed by atoms with E-state index < -0.39 is 0 Å². The van der Waals surface area contributed by atoms with E-state index >= 15 is 0 Å². The van der Waals surface area contributed by atoms with Crippen LogP contribution in [0.15, 0.2) is 24.3 Å². The molecule has 3 N–H and O–H groups in total. The van der Waals surface area contributed by atoms with Crippen molar-refractivity contribution in [3.63, 3.8) is 0 Å². The first kappa shape index (κ1) is 19.0. The molecule has 0 atom stereocenters. The molecule has 1 saturated heterocycles. The number of fused-ring (bicyclic) bond motifs is 1. The average molecular weight is 401 g/mol. The summed E-state index contributed by atoms with van der Waals surface area (Å²) >= 11 is 1.80. The zero-order chi connectivity index (χ0) is 19.7. The Morgan fingerprint density at radius 1 is 1.18 bits per heavy atom. The Labute approximate surface area is 169 Å². The Balaban J connectivity index is 1.27. The zero-order valence-electron chi connectivity index (χ0n) is 16.7. The molecule has 1 aromatic carbocycles. The second kappa shape index (κ2) is 7.98. The molecule has 0 saturated carbocycles. The zero-order valence-corrected chi connectivity index (χ0v) is 17.5. The summed E-state index contributed by atoms with van der Waals surface area (Å²) in [5.74, 6) is 0.0730. The molecule has 7 nitrogen and oxygen atoms in total. The van der Waals surface area contributed by atoms with Gasteiger partial charge >= 0.3 is 0 Å². The van der Waals surface area contributed by atoms with Gasteiger partial charge < -0.3 is 15.1 Å². The molecule has 148 valence electrons. The van der Waals surface area contributed by atoms with E-state index in [9.17, 15) is 4.79 Å². The molecule has 1 aliphatic heterocycles.